The van der Waals surface area contributed by atoms with E-state index in [1.54, 1.807) is 0 Å². The van der Waals surface area contributed by atoms with Crippen molar-refractivity contribution in [2.45, 2.75) is 76.8 Å². The van der Waals surface area contributed by atoms with Gasteiger partial charge in [-0.3, -0.25) is 0 Å². The zero-order valence-corrected chi connectivity index (χ0v) is 10.8. The average molecular weight is 224 g/mol. The summed E-state index contributed by atoms with van der Waals surface area (Å²) in [6.07, 6.45) is 12.2. The second-order valence-corrected chi connectivity index (χ2v) is 6.07. The van der Waals surface area contributed by atoms with Gasteiger partial charge in [0.2, 0.25) is 0 Å². The zero-order valence-electron chi connectivity index (χ0n) is 10.8. The van der Waals surface area contributed by atoms with Crippen LogP contribution in [-0.2, 0) is 0 Å². The van der Waals surface area contributed by atoms with E-state index in [9.17, 15) is 0 Å². The molecule has 0 aromatic heterocycles. The number of nitrogens with one attached hydrogen (secondary N) is 1. The van der Waals surface area contributed by atoms with E-state index in [1.807, 2.05) is 0 Å². The first-order valence-electron chi connectivity index (χ1n) is 7.23. The lowest BCUT2D eigenvalue weighted by atomic mass is 9.82. The average Bonchev–Trinajstić information content (AvgIpc) is 2.76. The molecule has 2 aliphatic rings. The van der Waals surface area contributed by atoms with Crippen molar-refractivity contribution in [2.24, 2.45) is 11.1 Å². The van der Waals surface area contributed by atoms with Crippen LogP contribution in [0.15, 0.2) is 0 Å². The molecule has 0 amide bonds. The molecular formula is C14H28N2. The van der Waals surface area contributed by atoms with E-state index in [-0.39, 0.29) is 0 Å². The second-order valence-electron chi connectivity index (χ2n) is 6.07. The molecule has 0 saturated heterocycles. The molecule has 2 aliphatic carbocycles. The first-order valence-corrected chi connectivity index (χ1v) is 7.23. The molecule has 0 radical (unpaired) electrons. The van der Waals surface area contributed by atoms with Crippen molar-refractivity contribution in [3.8, 4) is 0 Å². The van der Waals surface area contributed by atoms with Crippen LogP contribution in [0.5, 0.6) is 0 Å². The normalized spacial score (nSPS) is 34.1. The molecule has 0 bridgehead atoms. The predicted octanol–water partition coefficient (Wildman–Crippen LogP) is 2.82. The highest BCUT2D eigenvalue weighted by molar-refractivity contribution is 4.88. The Morgan fingerprint density at radius 2 is 1.94 bits per heavy atom. The molecule has 2 heteroatoms. The van der Waals surface area contributed by atoms with Crippen LogP contribution in [0.25, 0.3) is 0 Å². The maximum absolute atomic E-state index is 6.03. The fourth-order valence-electron chi connectivity index (χ4n) is 3.55. The highest BCUT2D eigenvalue weighted by atomic mass is 14.9. The number of rotatable bonds is 4. The summed E-state index contributed by atoms with van der Waals surface area (Å²) >= 11 is 0. The Labute approximate surface area is 100 Å². The fraction of sp³-hybridized carbons (Fsp3) is 1.00. The van der Waals surface area contributed by atoms with Crippen LogP contribution in [0.2, 0.25) is 0 Å². The Morgan fingerprint density at radius 3 is 2.56 bits per heavy atom. The van der Waals surface area contributed by atoms with E-state index in [1.165, 1.54) is 64.3 Å². The Kier molecular flexibility index (Phi) is 4.26. The minimum Gasteiger partial charge on any atom is -0.328 e. The summed E-state index contributed by atoms with van der Waals surface area (Å²) in [4.78, 5) is 0. The maximum Gasteiger partial charge on any atom is 0.00820 e. The fourth-order valence-corrected chi connectivity index (χ4v) is 3.55. The first-order chi connectivity index (χ1) is 7.74. The van der Waals surface area contributed by atoms with Gasteiger partial charge in [0.15, 0.2) is 0 Å². The van der Waals surface area contributed by atoms with Gasteiger partial charge < -0.3 is 11.1 Å². The van der Waals surface area contributed by atoms with E-state index in [0.717, 1.165) is 0 Å². The number of hydrogen-bond donors (Lipinski definition) is 2. The van der Waals surface area contributed by atoms with Crippen LogP contribution in [0, 0.1) is 5.41 Å². The lowest BCUT2D eigenvalue weighted by molar-refractivity contribution is 0.234. The number of nitrogens with two attached hydrogens (primary N) is 1. The van der Waals surface area contributed by atoms with Crippen molar-refractivity contribution in [3.05, 3.63) is 0 Å². The van der Waals surface area contributed by atoms with Crippen LogP contribution < -0.4 is 11.1 Å². The van der Waals surface area contributed by atoms with E-state index < -0.39 is 0 Å². The third-order valence-electron chi connectivity index (χ3n) is 4.89. The summed E-state index contributed by atoms with van der Waals surface area (Å²) < 4.78 is 0. The van der Waals surface area contributed by atoms with Gasteiger partial charge in [-0.15, -0.1) is 0 Å². The molecule has 2 rings (SSSR count). The standard InChI is InChI=1S/C14H28N2/c1-2-14(8-3-4-9-14)11-16-13-7-5-6-12(15)10-13/h12-13,16H,2-11,15H2,1H3. The van der Waals surface area contributed by atoms with Gasteiger partial charge in [0, 0.05) is 18.6 Å². The lowest BCUT2D eigenvalue weighted by Gasteiger charge is -2.33. The van der Waals surface area contributed by atoms with Crippen LogP contribution >= 0.6 is 0 Å². The second kappa shape index (κ2) is 5.50. The molecule has 0 aromatic carbocycles. The molecule has 2 fully saturated rings. The van der Waals surface area contributed by atoms with Crippen LogP contribution in [-0.4, -0.2) is 18.6 Å². The highest BCUT2D eigenvalue weighted by Crippen LogP contribution is 2.40. The minimum atomic E-state index is 0.451. The van der Waals surface area contributed by atoms with Gasteiger partial charge in [-0.1, -0.05) is 26.2 Å². The molecule has 2 atom stereocenters. The molecule has 2 unspecified atom stereocenters. The van der Waals surface area contributed by atoms with Crippen LogP contribution in [0.1, 0.15) is 64.7 Å². The molecule has 0 aliphatic heterocycles. The molecular weight excluding hydrogens is 196 g/mol. The molecule has 0 heterocycles. The Hall–Kier alpha value is -0.0800. The summed E-state index contributed by atoms with van der Waals surface area (Å²) in [5, 5.41) is 3.81. The SMILES string of the molecule is CCC1(CNC2CCCC(N)C2)CCCC1. The third kappa shape index (κ3) is 2.98. The van der Waals surface area contributed by atoms with Gasteiger partial charge in [-0.2, -0.15) is 0 Å². The van der Waals surface area contributed by atoms with Crippen molar-refractivity contribution in [2.75, 3.05) is 6.54 Å². The summed E-state index contributed by atoms with van der Waals surface area (Å²) in [6, 6.07) is 1.15. The van der Waals surface area contributed by atoms with Crippen molar-refractivity contribution in [1.82, 2.24) is 5.32 Å². The lowest BCUT2D eigenvalue weighted by Crippen LogP contribution is -2.43. The zero-order chi connectivity index (χ0) is 11.4. The molecule has 94 valence electrons. The summed E-state index contributed by atoms with van der Waals surface area (Å²) in [5.74, 6) is 0. The monoisotopic (exact) mass is 224 g/mol. The van der Waals surface area contributed by atoms with E-state index in [0.29, 0.717) is 17.5 Å². The molecule has 3 N–H and O–H groups in total. The van der Waals surface area contributed by atoms with Crippen molar-refractivity contribution in [1.29, 1.82) is 0 Å². The van der Waals surface area contributed by atoms with Crippen molar-refractivity contribution in [3.63, 3.8) is 0 Å². The molecule has 0 spiro atoms. The summed E-state index contributed by atoms with van der Waals surface area (Å²) in [7, 11) is 0. The topological polar surface area (TPSA) is 38.0 Å². The molecule has 16 heavy (non-hydrogen) atoms. The van der Waals surface area contributed by atoms with E-state index in [4.69, 9.17) is 5.73 Å². The minimum absolute atomic E-state index is 0.451. The van der Waals surface area contributed by atoms with Gasteiger partial charge in [-0.25, -0.2) is 0 Å². The van der Waals surface area contributed by atoms with Crippen molar-refractivity contribution < 1.29 is 0 Å². The van der Waals surface area contributed by atoms with Gasteiger partial charge in [0.05, 0.1) is 0 Å². The van der Waals surface area contributed by atoms with Crippen LogP contribution in [0.3, 0.4) is 0 Å². The molecule has 2 saturated carbocycles. The smallest absolute Gasteiger partial charge is 0.00820 e. The Bertz CT molecular complexity index is 209. The van der Waals surface area contributed by atoms with Crippen LogP contribution in [0.4, 0.5) is 0 Å². The molecule has 0 aromatic rings. The Morgan fingerprint density at radius 1 is 1.19 bits per heavy atom. The first kappa shape index (κ1) is 12.4. The number of hydrogen-bond acceptors (Lipinski definition) is 2. The molecule has 2 nitrogen and oxygen atoms in total. The van der Waals surface area contributed by atoms with Gasteiger partial charge in [0.1, 0.15) is 0 Å². The van der Waals surface area contributed by atoms with E-state index >= 15 is 0 Å². The predicted molar refractivity (Wildman–Crippen MR) is 69.4 cm³/mol. The summed E-state index contributed by atoms with van der Waals surface area (Å²) in [5.41, 5.74) is 6.66. The summed E-state index contributed by atoms with van der Waals surface area (Å²) in [6.45, 7) is 3.60. The van der Waals surface area contributed by atoms with E-state index in [2.05, 4.69) is 12.2 Å². The largest absolute Gasteiger partial charge is 0.328 e. The van der Waals surface area contributed by atoms with Gasteiger partial charge in [0.25, 0.3) is 0 Å². The van der Waals surface area contributed by atoms with Gasteiger partial charge in [-0.05, 0) is 43.9 Å². The van der Waals surface area contributed by atoms with Crippen molar-refractivity contribution >= 4 is 0 Å². The highest BCUT2D eigenvalue weighted by Gasteiger charge is 2.32. The third-order valence-corrected chi connectivity index (χ3v) is 4.89. The maximum atomic E-state index is 6.03. The van der Waals surface area contributed by atoms with Gasteiger partial charge >= 0.3 is 0 Å². The quantitative estimate of drug-likeness (QED) is 0.770. The Balaban J connectivity index is 1.77.